The topological polar surface area (TPSA) is 108 Å². The van der Waals surface area contributed by atoms with Gasteiger partial charge in [-0.3, -0.25) is 14.4 Å². The molecule has 0 aliphatic heterocycles. The first-order chi connectivity index (χ1) is 11.0. The first-order valence-corrected chi connectivity index (χ1v) is 7.63. The van der Waals surface area contributed by atoms with Crippen molar-refractivity contribution >= 4 is 5.91 Å². The van der Waals surface area contributed by atoms with Crippen LogP contribution in [0.2, 0.25) is 0 Å². The minimum absolute atomic E-state index is 0.140. The second kappa shape index (κ2) is 6.20. The number of hydrogen-bond donors (Lipinski definition) is 3. The van der Waals surface area contributed by atoms with Gasteiger partial charge in [-0.2, -0.15) is 0 Å². The highest BCUT2D eigenvalue weighted by molar-refractivity contribution is 5.94. The van der Waals surface area contributed by atoms with Gasteiger partial charge in [0.25, 0.3) is 17.0 Å². The lowest BCUT2D eigenvalue weighted by Gasteiger charge is -2.06. The van der Waals surface area contributed by atoms with Crippen molar-refractivity contribution in [2.45, 2.75) is 32.6 Å². The zero-order chi connectivity index (χ0) is 16.4. The van der Waals surface area contributed by atoms with E-state index in [1.54, 1.807) is 13.0 Å². The van der Waals surface area contributed by atoms with Gasteiger partial charge in [-0.1, -0.05) is 0 Å². The SMILES string of the molecule is Cc1nc(CCNC(=O)c2cc3c([nH]c2=O)CCC3)cc(=O)[nH]1. The van der Waals surface area contributed by atoms with Gasteiger partial charge >= 0.3 is 0 Å². The summed E-state index contributed by atoms with van der Waals surface area (Å²) in [4.78, 5) is 45.0. The molecule has 0 atom stereocenters. The van der Waals surface area contributed by atoms with Crippen molar-refractivity contribution in [3.05, 3.63) is 61.2 Å². The van der Waals surface area contributed by atoms with Crippen LogP contribution in [-0.4, -0.2) is 27.4 Å². The number of carbonyl (C=O) groups excluding carboxylic acids is 1. The normalized spacial score (nSPS) is 12.9. The Morgan fingerprint density at radius 1 is 1.26 bits per heavy atom. The van der Waals surface area contributed by atoms with E-state index in [1.807, 2.05) is 0 Å². The molecule has 0 unspecified atom stereocenters. The average molecular weight is 314 g/mol. The molecule has 7 heteroatoms. The third kappa shape index (κ3) is 3.39. The fourth-order valence-electron chi connectivity index (χ4n) is 2.85. The van der Waals surface area contributed by atoms with E-state index >= 15 is 0 Å². The van der Waals surface area contributed by atoms with Gasteiger partial charge in [0.15, 0.2) is 0 Å². The second-order valence-corrected chi connectivity index (χ2v) is 5.70. The quantitative estimate of drug-likeness (QED) is 0.750. The number of nitrogens with one attached hydrogen (secondary N) is 3. The molecule has 0 saturated carbocycles. The molecule has 0 aromatic carbocycles. The van der Waals surface area contributed by atoms with Gasteiger partial charge in [-0.25, -0.2) is 4.98 Å². The number of carbonyl (C=O) groups is 1. The Morgan fingerprint density at radius 3 is 2.87 bits per heavy atom. The molecule has 2 aromatic rings. The summed E-state index contributed by atoms with van der Waals surface area (Å²) in [6.07, 6.45) is 3.19. The Kier molecular flexibility index (Phi) is 4.10. The maximum atomic E-state index is 12.2. The van der Waals surface area contributed by atoms with Gasteiger partial charge in [-0.15, -0.1) is 0 Å². The number of fused-ring (bicyclic) bond motifs is 1. The number of aromatic nitrogens is 3. The molecular weight excluding hydrogens is 296 g/mol. The molecule has 0 bridgehead atoms. The Balaban J connectivity index is 1.66. The molecule has 1 aliphatic carbocycles. The Hall–Kier alpha value is -2.70. The van der Waals surface area contributed by atoms with Crippen molar-refractivity contribution in [1.82, 2.24) is 20.3 Å². The smallest absolute Gasteiger partial charge is 0.261 e. The van der Waals surface area contributed by atoms with Crippen LogP contribution in [0.4, 0.5) is 0 Å². The second-order valence-electron chi connectivity index (χ2n) is 5.70. The number of aromatic amines is 2. The number of rotatable bonds is 4. The van der Waals surface area contributed by atoms with Crippen LogP contribution >= 0.6 is 0 Å². The highest BCUT2D eigenvalue weighted by Gasteiger charge is 2.17. The lowest BCUT2D eigenvalue weighted by atomic mass is 10.1. The minimum Gasteiger partial charge on any atom is -0.351 e. The van der Waals surface area contributed by atoms with Crippen molar-refractivity contribution in [3.63, 3.8) is 0 Å². The van der Waals surface area contributed by atoms with E-state index in [-0.39, 0.29) is 16.7 Å². The zero-order valence-corrected chi connectivity index (χ0v) is 12.9. The maximum Gasteiger partial charge on any atom is 0.261 e. The molecule has 0 saturated heterocycles. The summed E-state index contributed by atoms with van der Waals surface area (Å²) in [6, 6.07) is 3.09. The average Bonchev–Trinajstić information content (AvgIpc) is 2.92. The molecule has 23 heavy (non-hydrogen) atoms. The molecule has 0 radical (unpaired) electrons. The van der Waals surface area contributed by atoms with Crippen molar-refractivity contribution in [2.24, 2.45) is 0 Å². The van der Waals surface area contributed by atoms with E-state index in [2.05, 4.69) is 20.3 Å². The van der Waals surface area contributed by atoms with Crippen LogP contribution in [0.3, 0.4) is 0 Å². The number of amides is 1. The molecule has 2 heterocycles. The molecule has 1 aliphatic rings. The molecule has 3 rings (SSSR count). The predicted octanol–water partition coefficient (Wildman–Crippen LogP) is 0.228. The zero-order valence-electron chi connectivity index (χ0n) is 12.9. The first-order valence-electron chi connectivity index (χ1n) is 7.63. The van der Waals surface area contributed by atoms with Crippen molar-refractivity contribution in [2.75, 3.05) is 6.54 Å². The van der Waals surface area contributed by atoms with Crippen LogP contribution in [0.25, 0.3) is 0 Å². The lowest BCUT2D eigenvalue weighted by molar-refractivity contribution is 0.0952. The van der Waals surface area contributed by atoms with Gasteiger partial charge < -0.3 is 15.3 Å². The monoisotopic (exact) mass is 314 g/mol. The van der Waals surface area contributed by atoms with Crippen LogP contribution in [0.15, 0.2) is 21.7 Å². The maximum absolute atomic E-state index is 12.2. The highest BCUT2D eigenvalue weighted by Crippen LogP contribution is 2.18. The van der Waals surface area contributed by atoms with E-state index in [0.717, 1.165) is 30.5 Å². The largest absolute Gasteiger partial charge is 0.351 e. The summed E-state index contributed by atoms with van der Waals surface area (Å²) in [7, 11) is 0. The van der Waals surface area contributed by atoms with Crippen molar-refractivity contribution < 1.29 is 4.79 Å². The van der Waals surface area contributed by atoms with Crippen LogP contribution in [0.1, 0.15) is 39.6 Å². The number of aryl methyl sites for hydroxylation is 3. The van der Waals surface area contributed by atoms with Crippen LogP contribution in [0, 0.1) is 6.92 Å². The lowest BCUT2D eigenvalue weighted by Crippen LogP contribution is -2.31. The summed E-state index contributed by atoms with van der Waals surface area (Å²) in [5, 5.41) is 2.71. The first kappa shape index (κ1) is 15.2. The minimum atomic E-state index is -0.400. The summed E-state index contributed by atoms with van der Waals surface area (Å²) in [5.41, 5.74) is 2.16. The summed E-state index contributed by atoms with van der Waals surface area (Å²) >= 11 is 0. The van der Waals surface area contributed by atoms with Crippen LogP contribution < -0.4 is 16.4 Å². The summed E-state index contributed by atoms with van der Waals surface area (Å²) in [6.45, 7) is 2.01. The summed E-state index contributed by atoms with van der Waals surface area (Å²) < 4.78 is 0. The molecule has 1 amide bonds. The Labute approximate surface area is 132 Å². The Morgan fingerprint density at radius 2 is 2.09 bits per heavy atom. The number of hydrogen-bond acceptors (Lipinski definition) is 4. The van der Waals surface area contributed by atoms with Crippen molar-refractivity contribution in [3.8, 4) is 0 Å². The molecule has 3 N–H and O–H groups in total. The summed E-state index contributed by atoms with van der Waals surface area (Å²) in [5.74, 6) is 0.136. The van der Waals surface area contributed by atoms with Gasteiger partial charge in [-0.05, 0) is 37.8 Å². The molecule has 120 valence electrons. The molecule has 0 spiro atoms. The van der Waals surface area contributed by atoms with Gasteiger partial charge in [0.1, 0.15) is 11.4 Å². The fraction of sp³-hybridized carbons (Fsp3) is 0.375. The molecule has 0 fully saturated rings. The van der Waals surface area contributed by atoms with E-state index in [1.165, 1.54) is 6.07 Å². The molecular formula is C16H18N4O3. The van der Waals surface area contributed by atoms with E-state index in [0.29, 0.717) is 24.5 Å². The third-order valence-corrected chi connectivity index (χ3v) is 3.91. The number of H-pyrrole nitrogens is 2. The fourth-order valence-corrected chi connectivity index (χ4v) is 2.85. The van der Waals surface area contributed by atoms with Gasteiger partial charge in [0.2, 0.25) is 0 Å². The predicted molar refractivity (Wildman–Crippen MR) is 84.7 cm³/mol. The van der Waals surface area contributed by atoms with Gasteiger partial charge in [0.05, 0.1) is 0 Å². The Bertz CT molecular complexity index is 866. The van der Waals surface area contributed by atoms with E-state index in [4.69, 9.17) is 0 Å². The standard InChI is InChI=1S/C16H18N4O3/c1-9-18-11(8-14(21)19-9)5-6-17-15(22)12-7-10-3-2-4-13(10)20-16(12)23/h7-8H,2-6H2,1H3,(H,17,22)(H,20,23)(H,18,19,21). The highest BCUT2D eigenvalue weighted by atomic mass is 16.2. The number of pyridine rings is 1. The van der Waals surface area contributed by atoms with Crippen molar-refractivity contribution in [1.29, 1.82) is 0 Å². The number of nitrogens with zero attached hydrogens (tertiary/aromatic N) is 1. The van der Waals surface area contributed by atoms with Crippen LogP contribution in [-0.2, 0) is 19.3 Å². The van der Waals surface area contributed by atoms with E-state index < -0.39 is 5.91 Å². The molecule has 7 nitrogen and oxygen atoms in total. The third-order valence-electron chi connectivity index (χ3n) is 3.91. The molecule has 2 aromatic heterocycles. The van der Waals surface area contributed by atoms with Crippen LogP contribution in [0.5, 0.6) is 0 Å². The van der Waals surface area contributed by atoms with E-state index in [9.17, 15) is 14.4 Å². The van der Waals surface area contributed by atoms with Gasteiger partial charge in [0, 0.05) is 30.4 Å².